The lowest BCUT2D eigenvalue weighted by atomic mass is 10.1. The average molecular weight is 253 g/mol. The lowest BCUT2D eigenvalue weighted by Gasteiger charge is -2.11. The largest absolute Gasteiger partial charge is 0.364 e. The molecule has 0 spiro atoms. The van der Waals surface area contributed by atoms with Crippen LogP contribution in [0, 0.1) is 17.0 Å². The molecule has 1 aromatic heterocycles. The molecule has 1 atom stereocenters. The minimum Gasteiger partial charge on any atom is -0.364 e. The van der Waals surface area contributed by atoms with E-state index >= 15 is 0 Å². The fraction of sp³-hybridized carbons (Fsp3) is 0.727. The highest BCUT2D eigenvalue weighted by atomic mass is 16.6. The number of aryl methyl sites for hydroxylation is 2. The molecule has 2 N–H and O–H groups in total. The SMILES string of the molecule is Cc1nn(C)c(NCCC2CCCN2)c1[N+](=O)[O-]. The number of anilines is 1. The van der Waals surface area contributed by atoms with Gasteiger partial charge in [-0.25, -0.2) is 4.68 Å². The quantitative estimate of drug-likeness (QED) is 0.608. The summed E-state index contributed by atoms with van der Waals surface area (Å²) >= 11 is 0. The van der Waals surface area contributed by atoms with Crippen molar-refractivity contribution >= 4 is 11.5 Å². The molecule has 7 heteroatoms. The van der Waals surface area contributed by atoms with Crippen molar-refractivity contribution in [3.63, 3.8) is 0 Å². The van der Waals surface area contributed by atoms with Crippen molar-refractivity contribution in [1.82, 2.24) is 15.1 Å². The van der Waals surface area contributed by atoms with Gasteiger partial charge < -0.3 is 10.6 Å². The van der Waals surface area contributed by atoms with Gasteiger partial charge >= 0.3 is 5.69 Å². The van der Waals surface area contributed by atoms with Gasteiger partial charge in [-0.15, -0.1) is 0 Å². The van der Waals surface area contributed by atoms with Gasteiger partial charge in [-0.2, -0.15) is 5.10 Å². The van der Waals surface area contributed by atoms with E-state index in [-0.39, 0.29) is 10.6 Å². The zero-order chi connectivity index (χ0) is 13.1. The summed E-state index contributed by atoms with van der Waals surface area (Å²) in [5.74, 6) is 0.496. The van der Waals surface area contributed by atoms with Gasteiger partial charge in [0.1, 0.15) is 5.69 Å². The van der Waals surface area contributed by atoms with E-state index in [1.165, 1.54) is 17.5 Å². The molecule has 1 fully saturated rings. The Balaban J connectivity index is 1.97. The Kier molecular flexibility index (Phi) is 3.81. The van der Waals surface area contributed by atoms with Crippen LogP contribution in [0.2, 0.25) is 0 Å². The Bertz CT molecular complexity index is 437. The van der Waals surface area contributed by atoms with Crippen LogP contribution in [0.5, 0.6) is 0 Å². The maximum atomic E-state index is 11.0. The Morgan fingerprint density at radius 3 is 3.06 bits per heavy atom. The van der Waals surface area contributed by atoms with E-state index in [0.717, 1.165) is 19.5 Å². The van der Waals surface area contributed by atoms with Crippen molar-refractivity contribution in [3.05, 3.63) is 15.8 Å². The van der Waals surface area contributed by atoms with Crippen LogP contribution in [0.25, 0.3) is 0 Å². The number of nitrogens with one attached hydrogen (secondary N) is 2. The van der Waals surface area contributed by atoms with Crippen LogP contribution in [0.4, 0.5) is 11.5 Å². The van der Waals surface area contributed by atoms with E-state index in [9.17, 15) is 10.1 Å². The standard InChI is InChI=1S/C11H19N5O2/c1-8-10(16(17)18)11(15(2)14-8)13-7-5-9-4-3-6-12-9/h9,12-13H,3-7H2,1-2H3. The van der Waals surface area contributed by atoms with Gasteiger partial charge in [0.15, 0.2) is 0 Å². The molecule has 1 aromatic rings. The molecule has 0 amide bonds. The Morgan fingerprint density at radius 1 is 1.67 bits per heavy atom. The number of nitrogens with zero attached hydrogens (tertiary/aromatic N) is 3. The third kappa shape index (κ3) is 2.61. The lowest BCUT2D eigenvalue weighted by Crippen LogP contribution is -2.24. The van der Waals surface area contributed by atoms with E-state index in [2.05, 4.69) is 15.7 Å². The van der Waals surface area contributed by atoms with Crippen LogP contribution in [0.3, 0.4) is 0 Å². The minimum absolute atomic E-state index is 0.0804. The summed E-state index contributed by atoms with van der Waals surface area (Å²) in [7, 11) is 1.72. The first-order valence-electron chi connectivity index (χ1n) is 6.25. The summed E-state index contributed by atoms with van der Waals surface area (Å²) in [6.45, 7) is 3.45. The molecular weight excluding hydrogens is 234 g/mol. The molecule has 0 radical (unpaired) electrons. The van der Waals surface area contributed by atoms with E-state index < -0.39 is 0 Å². The summed E-state index contributed by atoms with van der Waals surface area (Å²) < 4.78 is 1.54. The van der Waals surface area contributed by atoms with Gasteiger partial charge in [-0.3, -0.25) is 10.1 Å². The van der Waals surface area contributed by atoms with Crippen molar-refractivity contribution in [1.29, 1.82) is 0 Å². The Morgan fingerprint density at radius 2 is 2.44 bits per heavy atom. The second-order valence-electron chi connectivity index (χ2n) is 4.67. The normalized spacial score (nSPS) is 19.1. The van der Waals surface area contributed by atoms with Crippen LogP contribution in [-0.2, 0) is 7.05 Å². The molecule has 0 aromatic carbocycles. The maximum absolute atomic E-state index is 11.0. The van der Waals surface area contributed by atoms with Gasteiger partial charge in [0.05, 0.1) is 4.92 Å². The smallest absolute Gasteiger partial charge is 0.333 e. The third-order valence-electron chi connectivity index (χ3n) is 3.32. The monoisotopic (exact) mass is 253 g/mol. The predicted molar refractivity (Wildman–Crippen MR) is 68.7 cm³/mol. The first-order valence-corrected chi connectivity index (χ1v) is 6.25. The van der Waals surface area contributed by atoms with Gasteiger partial charge in [-0.05, 0) is 32.7 Å². The highest BCUT2D eigenvalue weighted by molar-refractivity contribution is 5.59. The highest BCUT2D eigenvalue weighted by Crippen LogP contribution is 2.27. The van der Waals surface area contributed by atoms with E-state index in [1.807, 2.05) is 0 Å². The molecule has 7 nitrogen and oxygen atoms in total. The fourth-order valence-electron chi connectivity index (χ4n) is 2.43. The van der Waals surface area contributed by atoms with Crippen LogP contribution >= 0.6 is 0 Å². The molecule has 0 saturated carbocycles. The summed E-state index contributed by atoms with van der Waals surface area (Å²) in [5, 5.41) is 21.6. The molecule has 18 heavy (non-hydrogen) atoms. The summed E-state index contributed by atoms with van der Waals surface area (Å²) in [5.41, 5.74) is 0.529. The number of hydrogen-bond donors (Lipinski definition) is 2. The zero-order valence-corrected chi connectivity index (χ0v) is 10.8. The van der Waals surface area contributed by atoms with Crippen LogP contribution in [-0.4, -0.2) is 33.8 Å². The van der Waals surface area contributed by atoms with Gasteiger partial charge in [0.25, 0.3) is 0 Å². The average Bonchev–Trinajstić information content (AvgIpc) is 2.87. The van der Waals surface area contributed by atoms with E-state index in [1.54, 1.807) is 14.0 Å². The van der Waals surface area contributed by atoms with Crippen molar-refractivity contribution in [2.45, 2.75) is 32.2 Å². The lowest BCUT2D eigenvalue weighted by molar-refractivity contribution is -0.384. The minimum atomic E-state index is -0.377. The van der Waals surface area contributed by atoms with E-state index in [4.69, 9.17) is 0 Å². The molecule has 2 heterocycles. The van der Waals surface area contributed by atoms with Crippen LogP contribution in [0.15, 0.2) is 0 Å². The second kappa shape index (κ2) is 5.34. The molecule has 1 unspecified atom stereocenters. The molecule has 100 valence electrons. The van der Waals surface area contributed by atoms with Crippen molar-refractivity contribution in [2.75, 3.05) is 18.4 Å². The zero-order valence-electron chi connectivity index (χ0n) is 10.8. The Labute approximate surface area is 106 Å². The molecule has 0 bridgehead atoms. The Hall–Kier alpha value is -1.63. The predicted octanol–water partition coefficient (Wildman–Crippen LogP) is 1.19. The topological polar surface area (TPSA) is 85.0 Å². The van der Waals surface area contributed by atoms with Gasteiger partial charge in [-0.1, -0.05) is 0 Å². The number of rotatable bonds is 5. The molecular formula is C11H19N5O2. The summed E-state index contributed by atoms with van der Waals surface area (Å²) in [4.78, 5) is 10.6. The molecule has 1 aliphatic heterocycles. The maximum Gasteiger partial charge on any atom is 0.333 e. The van der Waals surface area contributed by atoms with Gasteiger partial charge in [0.2, 0.25) is 5.82 Å². The molecule has 2 rings (SSSR count). The summed E-state index contributed by atoms with van der Waals surface area (Å²) in [6.07, 6.45) is 3.38. The third-order valence-corrected chi connectivity index (χ3v) is 3.32. The van der Waals surface area contributed by atoms with Gasteiger partial charge in [0, 0.05) is 19.6 Å². The fourth-order valence-corrected chi connectivity index (χ4v) is 2.43. The molecule has 0 aliphatic carbocycles. The first-order chi connectivity index (χ1) is 8.59. The van der Waals surface area contributed by atoms with Crippen molar-refractivity contribution in [2.24, 2.45) is 7.05 Å². The highest BCUT2D eigenvalue weighted by Gasteiger charge is 2.23. The van der Waals surface area contributed by atoms with Crippen molar-refractivity contribution in [3.8, 4) is 0 Å². The first kappa shape index (κ1) is 12.8. The number of aromatic nitrogens is 2. The molecule has 1 aliphatic rings. The summed E-state index contributed by atoms with van der Waals surface area (Å²) in [6, 6.07) is 0.533. The molecule has 1 saturated heterocycles. The van der Waals surface area contributed by atoms with Crippen LogP contribution in [0.1, 0.15) is 25.0 Å². The number of hydrogen-bond acceptors (Lipinski definition) is 5. The second-order valence-corrected chi connectivity index (χ2v) is 4.67. The van der Waals surface area contributed by atoms with Crippen molar-refractivity contribution < 1.29 is 4.92 Å². The number of nitro groups is 1. The van der Waals surface area contributed by atoms with E-state index in [0.29, 0.717) is 17.6 Å². The van der Waals surface area contributed by atoms with Crippen LogP contribution < -0.4 is 10.6 Å².